The first-order valence-electron chi connectivity index (χ1n) is 8.84. The Morgan fingerprint density at radius 3 is 2.72 bits per heavy atom. The molecule has 0 saturated carbocycles. The van der Waals surface area contributed by atoms with E-state index in [9.17, 15) is 25.0 Å². The minimum atomic E-state index is -0.667. The van der Waals surface area contributed by atoms with Gasteiger partial charge < -0.3 is 14.5 Å². The molecule has 162 valence electrons. The van der Waals surface area contributed by atoms with Crippen molar-refractivity contribution in [2.75, 3.05) is 12.4 Å². The molecular formula is C20H14N4O6S2. The molecule has 1 amide bonds. The molecule has 0 bridgehead atoms. The second-order valence-electron chi connectivity index (χ2n) is 6.24. The molecule has 0 saturated heterocycles. The second kappa shape index (κ2) is 9.38. The van der Waals surface area contributed by atoms with Crippen LogP contribution in [0, 0.1) is 28.4 Å². The van der Waals surface area contributed by atoms with Gasteiger partial charge in [-0.2, -0.15) is 5.26 Å². The fourth-order valence-electron chi connectivity index (χ4n) is 2.71. The maximum atomic E-state index is 12.5. The van der Waals surface area contributed by atoms with Crippen LogP contribution < -0.4 is 10.6 Å². The predicted octanol–water partition coefficient (Wildman–Crippen LogP) is 4.01. The number of nitro groups is 1. The molecule has 3 rings (SSSR count). The van der Waals surface area contributed by atoms with Crippen molar-refractivity contribution in [3.8, 4) is 17.4 Å². The van der Waals surface area contributed by atoms with Crippen LogP contribution in [0.15, 0.2) is 40.8 Å². The first-order valence-corrected chi connectivity index (χ1v) is 10.1. The number of hydrogen-bond acceptors (Lipinski definition) is 9. The third kappa shape index (κ3) is 4.64. The zero-order chi connectivity index (χ0) is 23.4. The molecule has 0 aliphatic heterocycles. The van der Waals surface area contributed by atoms with E-state index in [0.717, 1.165) is 11.3 Å². The first kappa shape index (κ1) is 22.6. The Labute approximate surface area is 190 Å². The number of carbonyl (C=O) groups excluding carboxylic acids is 2. The number of amides is 1. The maximum Gasteiger partial charge on any atom is 0.348 e. The molecule has 0 spiro atoms. The third-order valence-corrected chi connectivity index (χ3v) is 5.65. The van der Waals surface area contributed by atoms with Crippen LogP contribution in [0.2, 0.25) is 0 Å². The summed E-state index contributed by atoms with van der Waals surface area (Å²) in [4.78, 5) is 35.0. The van der Waals surface area contributed by atoms with Crippen LogP contribution in [0.4, 0.5) is 10.7 Å². The molecule has 0 atom stereocenters. The highest BCUT2D eigenvalue weighted by Gasteiger charge is 2.22. The number of thiocarbonyl (C=S) groups is 1. The highest BCUT2D eigenvalue weighted by atomic mass is 32.1. The number of anilines is 1. The number of thiophene rings is 1. The van der Waals surface area contributed by atoms with E-state index in [1.165, 1.54) is 37.4 Å². The number of ether oxygens (including phenoxy) is 1. The molecule has 2 N–H and O–H groups in total. The van der Waals surface area contributed by atoms with E-state index >= 15 is 0 Å². The molecule has 32 heavy (non-hydrogen) atoms. The van der Waals surface area contributed by atoms with Gasteiger partial charge in [0.25, 0.3) is 11.6 Å². The molecule has 3 aromatic rings. The fourth-order valence-corrected chi connectivity index (χ4v) is 4.05. The summed E-state index contributed by atoms with van der Waals surface area (Å²) >= 11 is 6.11. The first-order chi connectivity index (χ1) is 15.2. The van der Waals surface area contributed by atoms with E-state index in [2.05, 4.69) is 10.6 Å². The van der Waals surface area contributed by atoms with Crippen molar-refractivity contribution in [3.63, 3.8) is 0 Å². The lowest BCUT2D eigenvalue weighted by Gasteiger charge is -2.07. The van der Waals surface area contributed by atoms with Crippen LogP contribution >= 0.6 is 23.6 Å². The summed E-state index contributed by atoms with van der Waals surface area (Å²) in [6, 6.07) is 10.7. The second-order valence-corrected chi connectivity index (χ2v) is 7.67. The molecule has 12 heteroatoms. The average molecular weight is 470 g/mol. The Hall–Kier alpha value is -4.08. The molecule has 1 aromatic carbocycles. The van der Waals surface area contributed by atoms with Crippen LogP contribution in [0.1, 0.15) is 31.4 Å². The number of rotatable bonds is 5. The van der Waals surface area contributed by atoms with Gasteiger partial charge in [0.1, 0.15) is 21.7 Å². The largest absolute Gasteiger partial charge is 0.465 e. The monoisotopic (exact) mass is 470 g/mol. The number of nitro benzene ring substituents is 1. The zero-order valence-electron chi connectivity index (χ0n) is 16.6. The van der Waals surface area contributed by atoms with Crippen molar-refractivity contribution in [1.82, 2.24) is 5.32 Å². The number of furan rings is 1. The number of nitrogens with zero attached hydrogens (tertiary/aromatic N) is 2. The maximum absolute atomic E-state index is 12.5. The summed E-state index contributed by atoms with van der Waals surface area (Å²) in [6.07, 6.45) is 0. The van der Waals surface area contributed by atoms with E-state index in [1.54, 1.807) is 13.0 Å². The number of nitrogens with one attached hydrogen (secondary N) is 2. The van der Waals surface area contributed by atoms with Gasteiger partial charge in [-0.3, -0.25) is 20.2 Å². The van der Waals surface area contributed by atoms with Crippen molar-refractivity contribution < 1.29 is 23.7 Å². The van der Waals surface area contributed by atoms with Gasteiger partial charge in [-0.15, -0.1) is 11.3 Å². The minimum Gasteiger partial charge on any atom is -0.465 e. The summed E-state index contributed by atoms with van der Waals surface area (Å²) in [5.74, 6) is -1.06. The highest BCUT2D eigenvalue weighted by molar-refractivity contribution is 7.80. The highest BCUT2D eigenvalue weighted by Crippen LogP contribution is 2.33. The minimum absolute atomic E-state index is 0.0752. The Bertz CT molecular complexity index is 1290. The molecule has 2 heterocycles. The quantitative estimate of drug-likeness (QED) is 0.244. The Morgan fingerprint density at radius 1 is 1.31 bits per heavy atom. The van der Waals surface area contributed by atoms with Crippen molar-refractivity contribution in [1.29, 1.82) is 5.26 Å². The van der Waals surface area contributed by atoms with Crippen LogP contribution in [-0.4, -0.2) is 29.0 Å². The number of methoxy groups -OCH3 is 1. The molecule has 0 fully saturated rings. The number of nitriles is 1. The van der Waals surface area contributed by atoms with Crippen molar-refractivity contribution in [2.45, 2.75) is 6.92 Å². The molecule has 0 aliphatic carbocycles. The van der Waals surface area contributed by atoms with Crippen molar-refractivity contribution in [2.24, 2.45) is 0 Å². The fraction of sp³-hybridized carbons (Fsp3) is 0.100. The summed E-state index contributed by atoms with van der Waals surface area (Å²) in [5, 5.41) is 25.6. The number of non-ortho nitro benzene ring substituents is 1. The molecule has 10 nitrogen and oxygen atoms in total. The van der Waals surface area contributed by atoms with Gasteiger partial charge in [-0.25, -0.2) is 4.79 Å². The standard InChI is InChI=1S/C20H14N4O6S2/c1-10-13(9-21)18(32-16(10)19(26)29-2)23-20(31)22-17(25)15-7-6-14(30-15)11-4-3-5-12(8-11)24(27)28/h3-8H,1-2H3,(H2,22,23,25,31). The molecule has 0 unspecified atom stereocenters. The molecule has 2 aromatic heterocycles. The van der Waals surface area contributed by atoms with Gasteiger partial charge in [0, 0.05) is 17.7 Å². The zero-order valence-corrected chi connectivity index (χ0v) is 18.3. The van der Waals surface area contributed by atoms with E-state index < -0.39 is 16.8 Å². The van der Waals surface area contributed by atoms with Gasteiger partial charge in [0.05, 0.1) is 17.6 Å². The predicted molar refractivity (Wildman–Crippen MR) is 120 cm³/mol. The Balaban J connectivity index is 1.73. The molecule has 0 radical (unpaired) electrons. The van der Waals surface area contributed by atoms with Crippen molar-refractivity contribution >= 4 is 51.2 Å². The lowest BCUT2D eigenvalue weighted by Crippen LogP contribution is -2.33. The van der Waals surface area contributed by atoms with Gasteiger partial charge >= 0.3 is 5.97 Å². The van der Waals surface area contributed by atoms with Crippen LogP contribution in [-0.2, 0) is 4.74 Å². The lowest BCUT2D eigenvalue weighted by atomic mass is 10.1. The summed E-state index contributed by atoms with van der Waals surface area (Å²) in [7, 11) is 1.23. The lowest BCUT2D eigenvalue weighted by molar-refractivity contribution is -0.384. The molecule has 0 aliphatic rings. The third-order valence-electron chi connectivity index (χ3n) is 4.25. The normalized spacial score (nSPS) is 10.2. The SMILES string of the molecule is COC(=O)c1sc(NC(=S)NC(=O)c2ccc(-c3cccc([N+](=O)[O-])c3)o2)c(C#N)c1C. The smallest absolute Gasteiger partial charge is 0.348 e. The topological polar surface area (TPSA) is 148 Å². The van der Waals surface area contributed by atoms with Crippen LogP contribution in [0.25, 0.3) is 11.3 Å². The number of carbonyl (C=O) groups is 2. The molecular weight excluding hydrogens is 456 g/mol. The van der Waals surface area contributed by atoms with Gasteiger partial charge in [0.15, 0.2) is 10.9 Å². The van der Waals surface area contributed by atoms with Gasteiger partial charge in [-0.1, -0.05) is 12.1 Å². The van der Waals surface area contributed by atoms with E-state index in [-0.39, 0.29) is 37.8 Å². The number of esters is 1. The number of benzene rings is 1. The van der Waals surface area contributed by atoms with E-state index in [0.29, 0.717) is 11.1 Å². The van der Waals surface area contributed by atoms with Gasteiger partial charge in [0.2, 0.25) is 0 Å². The van der Waals surface area contributed by atoms with E-state index in [4.69, 9.17) is 21.4 Å². The van der Waals surface area contributed by atoms with E-state index in [1.807, 2.05) is 6.07 Å². The summed E-state index contributed by atoms with van der Waals surface area (Å²) < 4.78 is 10.2. The Morgan fingerprint density at radius 2 is 2.06 bits per heavy atom. The van der Waals surface area contributed by atoms with Gasteiger partial charge in [-0.05, 0) is 36.8 Å². The number of hydrogen-bond donors (Lipinski definition) is 2. The van der Waals surface area contributed by atoms with Crippen molar-refractivity contribution in [3.05, 3.63) is 68.3 Å². The van der Waals surface area contributed by atoms with Crippen LogP contribution in [0.5, 0.6) is 0 Å². The Kier molecular flexibility index (Phi) is 6.62. The summed E-state index contributed by atoms with van der Waals surface area (Å²) in [6.45, 7) is 1.60. The average Bonchev–Trinajstić information content (AvgIpc) is 3.38. The van der Waals surface area contributed by atoms with Crippen LogP contribution in [0.3, 0.4) is 0 Å². The summed E-state index contributed by atoms with van der Waals surface area (Å²) in [5.41, 5.74) is 0.967.